The Labute approximate surface area is 121 Å². The van der Waals surface area contributed by atoms with Crippen LogP contribution in [-0.4, -0.2) is 56.5 Å². The van der Waals surface area contributed by atoms with Gasteiger partial charge in [0.1, 0.15) is 0 Å². The van der Waals surface area contributed by atoms with Crippen molar-refractivity contribution < 1.29 is 4.79 Å². The second kappa shape index (κ2) is 7.87. The van der Waals surface area contributed by atoms with E-state index in [-0.39, 0.29) is 5.91 Å². The molecule has 1 aromatic rings. The van der Waals surface area contributed by atoms with E-state index in [0.29, 0.717) is 17.9 Å². The van der Waals surface area contributed by atoms with Crippen LogP contribution < -0.4 is 11.1 Å². The summed E-state index contributed by atoms with van der Waals surface area (Å²) in [6, 6.07) is 5.64. The molecule has 0 saturated heterocycles. The van der Waals surface area contributed by atoms with Crippen molar-refractivity contribution in [3.8, 4) is 0 Å². The molecule has 0 saturated carbocycles. The van der Waals surface area contributed by atoms with Crippen LogP contribution in [0.3, 0.4) is 0 Å². The minimum atomic E-state index is -0.0343. The van der Waals surface area contributed by atoms with Gasteiger partial charge in [0, 0.05) is 0 Å². The predicted molar refractivity (Wildman–Crippen MR) is 84.9 cm³/mol. The summed E-state index contributed by atoms with van der Waals surface area (Å²) in [4.78, 5) is 16.1. The van der Waals surface area contributed by atoms with Crippen LogP contribution in [0.4, 0.5) is 11.4 Å². The molecule has 0 aromatic heterocycles. The van der Waals surface area contributed by atoms with E-state index in [0.717, 1.165) is 25.1 Å². The van der Waals surface area contributed by atoms with Gasteiger partial charge < -0.3 is 16.0 Å². The van der Waals surface area contributed by atoms with Gasteiger partial charge in [-0.05, 0) is 65.3 Å². The summed E-state index contributed by atoms with van der Waals surface area (Å²) in [6.45, 7) is 4.27. The summed E-state index contributed by atoms with van der Waals surface area (Å²) >= 11 is 0. The van der Waals surface area contributed by atoms with E-state index in [1.807, 2.05) is 51.2 Å². The molecule has 0 aliphatic carbocycles. The zero-order valence-corrected chi connectivity index (χ0v) is 12.9. The Morgan fingerprint density at radius 1 is 1.25 bits per heavy atom. The summed E-state index contributed by atoms with van der Waals surface area (Å²) in [7, 11) is 6.05. The first-order valence-corrected chi connectivity index (χ1v) is 6.87. The summed E-state index contributed by atoms with van der Waals surface area (Å²) in [5.74, 6) is -0.0343. The lowest BCUT2D eigenvalue weighted by Gasteiger charge is -2.18. The first-order chi connectivity index (χ1) is 9.38. The molecular formula is C15H26N4O. The van der Waals surface area contributed by atoms with Crippen molar-refractivity contribution in [2.24, 2.45) is 0 Å². The number of benzene rings is 1. The molecule has 20 heavy (non-hydrogen) atoms. The number of likely N-dealkylation sites (N-methyl/N-ethyl adjacent to an activating group) is 1. The van der Waals surface area contributed by atoms with E-state index >= 15 is 0 Å². The molecule has 1 amide bonds. The molecule has 0 aliphatic rings. The summed E-state index contributed by atoms with van der Waals surface area (Å²) in [5.41, 5.74) is 8.25. The van der Waals surface area contributed by atoms with Crippen molar-refractivity contribution in [2.75, 3.05) is 51.8 Å². The molecule has 0 heterocycles. The maximum Gasteiger partial charge on any atom is 0.238 e. The van der Waals surface area contributed by atoms with Gasteiger partial charge in [0.05, 0.1) is 17.9 Å². The summed E-state index contributed by atoms with van der Waals surface area (Å²) in [6.07, 6.45) is 1.05. The normalized spacial score (nSPS) is 11.1. The fourth-order valence-corrected chi connectivity index (χ4v) is 1.97. The number of nitrogens with one attached hydrogen (secondary N) is 1. The lowest BCUT2D eigenvalue weighted by molar-refractivity contribution is -0.117. The topological polar surface area (TPSA) is 61.6 Å². The zero-order valence-electron chi connectivity index (χ0n) is 12.9. The number of nitrogens with zero attached hydrogens (tertiary/aromatic N) is 2. The molecule has 0 atom stereocenters. The van der Waals surface area contributed by atoms with Crippen LogP contribution in [0.5, 0.6) is 0 Å². The number of nitrogens with two attached hydrogens (primary N) is 1. The highest BCUT2D eigenvalue weighted by atomic mass is 16.2. The Morgan fingerprint density at radius 3 is 2.55 bits per heavy atom. The van der Waals surface area contributed by atoms with Crippen molar-refractivity contribution in [2.45, 2.75) is 13.3 Å². The number of amides is 1. The first-order valence-electron chi connectivity index (χ1n) is 6.87. The average molecular weight is 278 g/mol. The van der Waals surface area contributed by atoms with Crippen LogP contribution in [0.25, 0.3) is 0 Å². The van der Waals surface area contributed by atoms with E-state index in [1.165, 1.54) is 0 Å². The summed E-state index contributed by atoms with van der Waals surface area (Å²) in [5, 5.41) is 2.85. The van der Waals surface area contributed by atoms with E-state index in [2.05, 4.69) is 10.2 Å². The van der Waals surface area contributed by atoms with Crippen LogP contribution >= 0.6 is 0 Å². The third-order valence-corrected chi connectivity index (χ3v) is 3.04. The summed E-state index contributed by atoms with van der Waals surface area (Å²) < 4.78 is 0. The number of hydrogen-bond acceptors (Lipinski definition) is 4. The molecule has 3 N–H and O–H groups in total. The fourth-order valence-electron chi connectivity index (χ4n) is 1.97. The standard InChI is InChI=1S/C15H26N4O/c1-12-6-7-14(13(16)10-12)17-15(20)11-19(4)9-5-8-18(2)3/h6-7,10H,5,8-9,11,16H2,1-4H3,(H,17,20). The Hall–Kier alpha value is -1.59. The quantitative estimate of drug-likeness (QED) is 0.740. The fraction of sp³-hybridized carbons (Fsp3) is 0.533. The first kappa shape index (κ1) is 16.5. The molecule has 0 radical (unpaired) electrons. The predicted octanol–water partition coefficient (Wildman–Crippen LogP) is 1.40. The SMILES string of the molecule is Cc1ccc(NC(=O)CN(C)CCCN(C)C)c(N)c1. The second-order valence-electron chi connectivity index (χ2n) is 5.53. The minimum Gasteiger partial charge on any atom is -0.397 e. The molecule has 0 spiro atoms. The van der Waals surface area contributed by atoms with Crippen molar-refractivity contribution in [3.63, 3.8) is 0 Å². The highest BCUT2D eigenvalue weighted by Crippen LogP contribution is 2.19. The highest BCUT2D eigenvalue weighted by molar-refractivity contribution is 5.95. The zero-order chi connectivity index (χ0) is 15.1. The lowest BCUT2D eigenvalue weighted by Crippen LogP contribution is -2.32. The van der Waals surface area contributed by atoms with E-state index in [4.69, 9.17) is 5.73 Å². The third kappa shape index (κ3) is 6.04. The van der Waals surface area contributed by atoms with Crippen LogP contribution in [0.1, 0.15) is 12.0 Å². The second-order valence-corrected chi connectivity index (χ2v) is 5.53. The molecule has 0 fully saturated rings. The number of anilines is 2. The maximum absolute atomic E-state index is 11.9. The third-order valence-electron chi connectivity index (χ3n) is 3.04. The molecule has 112 valence electrons. The van der Waals surface area contributed by atoms with Gasteiger partial charge in [-0.15, -0.1) is 0 Å². The Kier molecular flexibility index (Phi) is 6.48. The van der Waals surface area contributed by atoms with Crippen LogP contribution in [-0.2, 0) is 4.79 Å². The molecular weight excluding hydrogens is 252 g/mol. The van der Waals surface area contributed by atoms with Gasteiger partial charge in [-0.3, -0.25) is 9.69 Å². The van der Waals surface area contributed by atoms with Crippen molar-refractivity contribution in [1.82, 2.24) is 9.80 Å². The molecule has 5 nitrogen and oxygen atoms in total. The minimum absolute atomic E-state index is 0.0343. The lowest BCUT2D eigenvalue weighted by atomic mass is 10.2. The number of aryl methyl sites for hydroxylation is 1. The number of carbonyl (C=O) groups is 1. The largest absolute Gasteiger partial charge is 0.397 e. The molecule has 1 rings (SSSR count). The van der Waals surface area contributed by atoms with Crippen molar-refractivity contribution >= 4 is 17.3 Å². The molecule has 0 unspecified atom stereocenters. The maximum atomic E-state index is 11.9. The van der Waals surface area contributed by atoms with Crippen LogP contribution in [0.15, 0.2) is 18.2 Å². The monoisotopic (exact) mass is 278 g/mol. The van der Waals surface area contributed by atoms with Gasteiger partial charge >= 0.3 is 0 Å². The van der Waals surface area contributed by atoms with Crippen LogP contribution in [0.2, 0.25) is 0 Å². The van der Waals surface area contributed by atoms with Gasteiger partial charge in [-0.25, -0.2) is 0 Å². The molecule has 1 aromatic carbocycles. The number of rotatable bonds is 7. The van der Waals surface area contributed by atoms with Gasteiger partial charge in [0.25, 0.3) is 0 Å². The van der Waals surface area contributed by atoms with Gasteiger partial charge in [-0.1, -0.05) is 6.07 Å². The Bertz CT molecular complexity index is 445. The molecule has 0 aliphatic heterocycles. The average Bonchev–Trinajstić information content (AvgIpc) is 2.32. The number of hydrogen-bond donors (Lipinski definition) is 2. The van der Waals surface area contributed by atoms with Gasteiger partial charge in [-0.2, -0.15) is 0 Å². The van der Waals surface area contributed by atoms with E-state index < -0.39 is 0 Å². The number of carbonyl (C=O) groups excluding carboxylic acids is 1. The number of nitrogen functional groups attached to an aromatic ring is 1. The van der Waals surface area contributed by atoms with Crippen molar-refractivity contribution in [3.05, 3.63) is 23.8 Å². The smallest absolute Gasteiger partial charge is 0.238 e. The highest BCUT2D eigenvalue weighted by Gasteiger charge is 2.08. The molecule has 0 bridgehead atoms. The Morgan fingerprint density at radius 2 is 1.95 bits per heavy atom. The van der Waals surface area contributed by atoms with Gasteiger partial charge in [0.2, 0.25) is 5.91 Å². The van der Waals surface area contributed by atoms with Gasteiger partial charge in [0.15, 0.2) is 0 Å². The van der Waals surface area contributed by atoms with E-state index in [1.54, 1.807) is 0 Å². The molecule has 5 heteroatoms. The van der Waals surface area contributed by atoms with Crippen molar-refractivity contribution in [1.29, 1.82) is 0 Å². The van der Waals surface area contributed by atoms with Crippen LogP contribution in [0, 0.1) is 6.92 Å². The van der Waals surface area contributed by atoms with E-state index in [9.17, 15) is 4.79 Å². The Balaban J connectivity index is 2.39.